The molecule has 1 aliphatic rings. The fourth-order valence-electron chi connectivity index (χ4n) is 4.03. The lowest BCUT2D eigenvalue weighted by Crippen LogP contribution is -2.27. The van der Waals surface area contributed by atoms with Gasteiger partial charge in [0.1, 0.15) is 5.82 Å². The molecule has 150 valence electrons. The molecule has 3 aromatic rings. The van der Waals surface area contributed by atoms with Crippen molar-refractivity contribution in [2.24, 2.45) is 0 Å². The Kier molecular flexibility index (Phi) is 5.01. The van der Waals surface area contributed by atoms with E-state index in [0.29, 0.717) is 0 Å². The van der Waals surface area contributed by atoms with Crippen molar-refractivity contribution in [1.82, 2.24) is 9.47 Å². The molecule has 0 bridgehead atoms. The van der Waals surface area contributed by atoms with Gasteiger partial charge in [-0.2, -0.15) is 0 Å². The van der Waals surface area contributed by atoms with Gasteiger partial charge in [0.05, 0.1) is 5.52 Å². The molecule has 0 N–H and O–H groups in total. The average molecular weight is 391 g/mol. The lowest BCUT2D eigenvalue weighted by molar-refractivity contribution is -0.116. The molecule has 4 nitrogen and oxygen atoms in total. The standard InChI is InChI=1S/C24H26FN3O/c1-16(18-5-7-19(25)8-6-18)14-28-23-10-9-20(27(4)17(2)29)13-21(23)22-15-26(3)12-11-24(22)28/h5-10,13-14H,11-12,15H2,1-4H3/b16-14+. The minimum atomic E-state index is -0.226. The number of amides is 1. The van der Waals surface area contributed by atoms with E-state index in [1.54, 1.807) is 18.9 Å². The third-order valence-electron chi connectivity index (χ3n) is 5.84. The number of benzene rings is 2. The molecule has 0 saturated heterocycles. The Labute approximate surface area is 170 Å². The van der Waals surface area contributed by atoms with E-state index >= 15 is 0 Å². The Morgan fingerprint density at radius 1 is 1.14 bits per heavy atom. The number of hydrogen-bond donors (Lipinski definition) is 0. The summed E-state index contributed by atoms with van der Waals surface area (Å²) in [6, 6.07) is 12.8. The molecule has 0 aliphatic carbocycles. The van der Waals surface area contributed by atoms with Gasteiger partial charge in [-0.3, -0.25) is 4.79 Å². The summed E-state index contributed by atoms with van der Waals surface area (Å²) in [6.45, 7) is 5.52. The zero-order valence-electron chi connectivity index (χ0n) is 17.4. The number of rotatable bonds is 3. The number of halogens is 1. The van der Waals surface area contributed by atoms with Crippen molar-refractivity contribution < 1.29 is 9.18 Å². The monoisotopic (exact) mass is 391 g/mol. The highest BCUT2D eigenvalue weighted by Crippen LogP contribution is 2.34. The average Bonchev–Trinajstić information content (AvgIpc) is 3.00. The number of carbonyl (C=O) groups excluding carboxylic acids is 1. The zero-order valence-corrected chi connectivity index (χ0v) is 17.4. The second-order valence-electron chi connectivity index (χ2n) is 7.88. The van der Waals surface area contributed by atoms with Crippen LogP contribution in [0.4, 0.5) is 10.1 Å². The Bertz CT molecular complexity index is 1110. The van der Waals surface area contributed by atoms with E-state index in [0.717, 1.165) is 41.9 Å². The van der Waals surface area contributed by atoms with Crippen LogP contribution in [-0.2, 0) is 17.8 Å². The molecule has 0 saturated carbocycles. The normalized spacial score (nSPS) is 14.9. The van der Waals surface area contributed by atoms with Crippen LogP contribution in [0.3, 0.4) is 0 Å². The van der Waals surface area contributed by atoms with E-state index in [1.165, 1.54) is 28.8 Å². The van der Waals surface area contributed by atoms with Crippen LogP contribution in [0.2, 0.25) is 0 Å². The van der Waals surface area contributed by atoms with Crippen LogP contribution in [0.1, 0.15) is 30.7 Å². The number of likely N-dealkylation sites (N-methyl/N-ethyl adjacent to an activating group) is 1. The number of hydrogen-bond acceptors (Lipinski definition) is 2. The van der Waals surface area contributed by atoms with E-state index in [4.69, 9.17) is 0 Å². The number of aromatic nitrogens is 1. The van der Waals surface area contributed by atoms with Crippen LogP contribution in [0.5, 0.6) is 0 Å². The summed E-state index contributed by atoms with van der Waals surface area (Å²) >= 11 is 0. The number of anilines is 1. The highest BCUT2D eigenvalue weighted by Gasteiger charge is 2.22. The molecule has 0 atom stereocenters. The van der Waals surface area contributed by atoms with Crippen LogP contribution >= 0.6 is 0 Å². The number of fused-ring (bicyclic) bond motifs is 3. The lowest BCUT2D eigenvalue weighted by atomic mass is 10.0. The van der Waals surface area contributed by atoms with Gasteiger partial charge in [-0.25, -0.2) is 4.39 Å². The Balaban J connectivity index is 1.88. The maximum Gasteiger partial charge on any atom is 0.223 e. The van der Waals surface area contributed by atoms with Gasteiger partial charge >= 0.3 is 0 Å². The third-order valence-corrected chi connectivity index (χ3v) is 5.84. The van der Waals surface area contributed by atoms with Crippen LogP contribution < -0.4 is 4.90 Å². The Morgan fingerprint density at radius 3 is 2.55 bits per heavy atom. The maximum atomic E-state index is 13.3. The number of nitrogens with zero attached hydrogens (tertiary/aromatic N) is 3. The van der Waals surface area contributed by atoms with Gasteiger partial charge in [0.2, 0.25) is 5.91 Å². The Morgan fingerprint density at radius 2 is 1.86 bits per heavy atom. The highest BCUT2D eigenvalue weighted by molar-refractivity contribution is 5.97. The molecule has 1 amide bonds. The van der Waals surface area contributed by atoms with Crippen LogP contribution in [0.15, 0.2) is 42.5 Å². The second-order valence-corrected chi connectivity index (χ2v) is 7.88. The summed E-state index contributed by atoms with van der Waals surface area (Å²) in [6.07, 6.45) is 3.11. The first-order chi connectivity index (χ1) is 13.8. The van der Waals surface area contributed by atoms with E-state index in [-0.39, 0.29) is 11.7 Å². The summed E-state index contributed by atoms with van der Waals surface area (Å²) in [7, 11) is 3.94. The molecule has 2 aromatic carbocycles. The van der Waals surface area contributed by atoms with Crippen molar-refractivity contribution in [1.29, 1.82) is 0 Å². The molecule has 0 fully saturated rings. The number of carbonyl (C=O) groups is 1. The molecule has 0 spiro atoms. The molecule has 2 heterocycles. The van der Waals surface area contributed by atoms with Gasteiger partial charge in [0, 0.05) is 56.4 Å². The molecule has 5 heteroatoms. The van der Waals surface area contributed by atoms with Crippen molar-refractivity contribution in [3.05, 3.63) is 65.1 Å². The van der Waals surface area contributed by atoms with Gasteiger partial charge in [0.25, 0.3) is 0 Å². The lowest BCUT2D eigenvalue weighted by Gasteiger charge is -2.23. The summed E-state index contributed by atoms with van der Waals surface area (Å²) in [4.78, 5) is 15.8. The summed E-state index contributed by atoms with van der Waals surface area (Å²) in [5.74, 6) is -0.211. The van der Waals surface area contributed by atoms with Gasteiger partial charge in [0.15, 0.2) is 0 Å². The summed E-state index contributed by atoms with van der Waals surface area (Å²) in [5.41, 5.74) is 6.74. The van der Waals surface area contributed by atoms with Crippen molar-refractivity contribution >= 4 is 34.3 Å². The molecule has 0 unspecified atom stereocenters. The fraction of sp³-hybridized carbons (Fsp3) is 0.292. The van der Waals surface area contributed by atoms with E-state index in [9.17, 15) is 9.18 Å². The minimum Gasteiger partial charge on any atom is -0.320 e. The topological polar surface area (TPSA) is 28.5 Å². The van der Waals surface area contributed by atoms with Crippen molar-refractivity contribution in [2.75, 3.05) is 25.5 Å². The predicted molar refractivity (Wildman–Crippen MR) is 117 cm³/mol. The minimum absolute atomic E-state index is 0.0156. The smallest absolute Gasteiger partial charge is 0.223 e. The molecular formula is C24H26FN3O. The SMILES string of the molecule is CC(=O)N(C)c1ccc2c(c1)c1c(n2/C=C(\C)c2ccc(F)cc2)CCN(C)C1. The molecule has 0 radical (unpaired) electrons. The molecular weight excluding hydrogens is 365 g/mol. The van der Waals surface area contributed by atoms with Crippen molar-refractivity contribution in [3.63, 3.8) is 0 Å². The predicted octanol–water partition coefficient (Wildman–Crippen LogP) is 4.77. The summed E-state index contributed by atoms with van der Waals surface area (Å²) < 4.78 is 15.6. The first kappa shape index (κ1) is 19.4. The highest BCUT2D eigenvalue weighted by atomic mass is 19.1. The first-order valence-electron chi connectivity index (χ1n) is 9.88. The van der Waals surface area contributed by atoms with E-state index in [2.05, 4.69) is 41.8 Å². The Hall–Kier alpha value is -2.92. The van der Waals surface area contributed by atoms with Crippen LogP contribution in [-0.4, -0.2) is 36.0 Å². The van der Waals surface area contributed by atoms with Crippen molar-refractivity contribution in [2.45, 2.75) is 26.8 Å². The van der Waals surface area contributed by atoms with Crippen molar-refractivity contribution in [3.8, 4) is 0 Å². The fourth-order valence-corrected chi connectivity index (χ4v) is 4.03. The largest absolute Gasteiger partial charge is 0.320 e. The number of allylic oxidation sites excluding steroid dienone is 1. The third kappa shape index (κ3) is 3.58. The molecule has 1 aliphatic heterocycles. The van der Waals surface area contributed by atoms with E-state index < -0.39 is 0 Å². The van der Waals surface area contributed by atoms with E-state index in [1.807, 2.05) is 18.2 Å². The maximum absolute atomic E-state index is 13.3. The van der Waals surface area contributed by atoms with Gasteiger partial charge < -0.3 is 14.4 Å². The summed E-state index contributed by atoms with van der Waals surface area (Å²) in [5, 5.41) is 1.18. The van der Waals surface area contributed by atoms with Crippen LogP contribution in [0.25, 0.3) is 22.7 Å². The first-order valence-corrected chi connectivity index (χ1v) is 9.88. The molecule has 29 heavy (non-hydrogen) atoms. The second kappa shape index (κ2) is 7.48. The molecule has 4 rings (SSSR count). The van der Waals surface area contributed by atoms with Gasteiger partial charge in [-0.1, -0.05) is 12.1 Å². The quantitative estimate of drug-likeness (QED) is 0.643. The zero-order chi connectivity index (χ0) is 20.7. The van der Waals surface area contributed by atoms with Gasteiger partial charge in [-0.05, 0) is 61.0 Å². The van der Waals surface area contributed by atoms with Gasteiger partial charge in [-0.15, -0.1) is 0 Å². The van der Waals surface area contributed by atoms with Crippen LogP contribution in [0, 0.1) is 5.82 Å². The molecule has 1 aromatic heterocycles.